The molecular weight excluding hydrogens is 379 g/mol. The van der Waals surface area contributed by atoms with E-state index in [2.05, 4.69) is 4.74 Å². The van der Waals surface area contributed by atoms with Gasteiger partial charge in [0, 0.05) is 5.56 Å². The molecule has 1 N–H and O–H groups in total. The van der Waals surface area contributed by atoms with E-state index in [0.29, 0.717) is 0 Å². The van der Waals surface area contributed by atoms with Crippen LogP contribution >= 0.6 is 0 Å². The first kappa shape index (κ1) is 19.8. The van der Waals surface area contributed by atoms with Crippen molar-refractivity contribution in [3.8, 4) is 0 Å². The first-order valence-electron chi connectivity index (χ1n) is 8.42. The molecule has 1 aromatic rings. The highest BCUT2D eigenvalue weighted by Crippen LogP contribution is 2.41. The largest absolute Gasteiger partial charge is 0.463 e. The fourth-order valence-electron chi connectivity index (χ4n) is 3.22. The molecule has 1 aliphatic heterocycles. The van der Waals surface area contributed by atoms with E-state index >= 15 is 0 Å². The summed E-state index contributed by atoms with van der Waals surface area (Å²) in [6.07, 6.45) is 1.12. The molecule has 1 saturated heterocycles. The third-order valence-electron chi connectivity index (χ3n) is 4.67. The molecule has 0 unspecified atom stereocenters. The molecule has 2 amide bonds. The van der Waals surface area contributed by atoms with Crippen molar-refractivity contribution < 1.29 is 37.4 Å². The third-order valence-corrected chi connectivity index (χ3v) is 4.67. The van der Waals surface area contributed by atoms with Gasteiger partial charge in [-0.2, -0.15) is 13.2 Å². The number of carbonyl (C=O) groups excluding carboxylic acids is 3. The molecule has 2 aliphatic rings. The second-order valence-corrected chi connectivity index (χ2v) is 6.31. The van der Waals surface area contributed by atoms with Crippen LogP contribution in [0.5, 0.6) is 0 Å². The number of hydrogen-bond acceptors (Lipinski definition) is 5. The van der Waals surface area contributed by atoms with E-state index < -0.39 is 47.0 Å². The number of rotatable bonds is 4. The van der Waals surface area contributed by atoms with Crippen LogP contribution in [-0.2, 0) is 24.7 Å². The Morgan fingerprint density at radius 3 is 2.00 bits per heavy atom. The van der Waals surface area contributed by atoms with Gasteiger partial charge < -0.3 is 9.84 Å². The molecule has 28 heavy (non-hydrogen) atoms. The number of aliphatic hydroxyl groups is 1. The highest BCUT2D eigenvalue weighted by atomic mass is 19.4. The Hall–Kier alpha value is -2.94. The van der Waals surface area contributed by atoms with Crippen LogP contribution in [0.25, 0.3) is 0 Å². The molecular formula is C19H16F3NO5. The molecule has 1 fully saturated rings. The molecule has 3 atom stereocenters. The van der Waals surface area contributed by atoms with Crippen LogP contribution in [0.2, 0.25) is 0 Å². The number of allylic oxidation sites excluding steroid dienone is 2. The Kier molecular flexibility index (Phi) is 4.88. The molecule has 148 valence electrons. The molecule has 9 heteroatoms. The minimum Gasteiger partial charge on any atom is -0.463 e. The maximum Gasteiger partial charge on any atom is 0.432 e. The number of hydrogen-bond donors (Lipinski definition) is 1. The summed E-state index contributed by atoms with van der Waals surface area (Å²) in [5, 5.41) is 10.1. The van der Waals surface area contributed by atoms with Gasteiger partial charge in [-0.15, -0.1) is 0 Å². The number of anilines is 1. The standard InChI is InChI=1S/C19H16F3NO5/c1-2-28-17(26)18(27,19(20,21)22)11-7-9-12(10-8-11)23-15(24)13-5-3-4-6-14(13)16(23)25/h3-10,13-14,27H,2H2,1H3/t13-,14+,18-/m0/s1. The Morgan fingerprint density at radius 2 is 1.57 bits per heavy atom. The lowest BCUT2D eigenvalue weighted by Gasteiger charge is -2.28. The number of nitrogens with zero attached hydrogens (tertiary/aromatic N) is 1. The summed E-state index contributed by atoms with van der Waals surface area (Å²) in [6.45, 7) is 0.959. The smallest absolute Gasteiger partial charge is 0.432 e. The molecule has 0 saturated carbocycles. The fourth-order valence-corrected chi connectivity index (χ4v) is 3.22. The Bertz CT molecular complexity index is 845. The summed E-state index contributed by atoms with van der Waals surface area (Å²) in [4.78, 5) is 37.7. The lowest BCUT2D eigenvalue weighted by Crippen LogP contribution is -2.50. The summed E-state index contributed by atoms with van der Waals surface area (Å²) >= 11 is 0. The number of amides is 2. The highest BCUT2D eigenvalue weighted by Gasteiger charge is 2.62. The van der Waals surface area contributed by atoms with Crippen molar-refractivity contribution in [3.05, 3.63) is 54.1 Å². The Labute approximate surface area is 157 Å². The van der Waals surface area contributed by atoms with Gasteiger partial charge in [-0.3, -0.25) is 9.59 Å². The van der Waals surface area contributed by atoms with E-state index in [9.17, 15) is 32.7 Å². The zero-order valence-electron chi connectivity index (χ0n) is 14.6. The number of carbonyl (C=O) groups is 3. The van der Waals surface area contributed by atoms with Crippen molar-refractivity contribution >= 4 is 23.5 Å². The number of esters is 1. The van der Waals surface area contributed by atoms with E-state index in [1.54, 1.807) is 24.3 Å². The second kappa shape index (κ2) is 6.90. The minimum absolute atomic E-state index is 0.0448. The van der Waals surface area contributed by atoms with Crippen molar-refractivity contribution in [3.63, 3.8) is 0 Å². The molecule has 0 bridgehead atoms. The highest BCUT2D eigenvalue weighted by molar-refractivity contribution is 6.23. The van der Waals surface area contributed by atoms with Crippen molar-refractivity contribution in [1.29, 1.82) is 0 Å². The van der Waals surface area contributed by atoms with Crippen LogP contribution in [-0.4, -0.2) is 35.7 Å². The summed E-state index contributed by atoms with van der Waals surface area (Å²) in [5.74, 6) is -4.18. The van der Waals surface area contributed by atoms with E-state index in [0.717, 1.165) is 29.2 Å². The minimum atomic E-state index is -5.33. The van der Waals surface area contributed by atoms with E-state index in [4.69, 9.17) is 0 Å². The number of halogens is 3. The Morgan fingerprint density at radius 1 is 1.07 bits per heavy atom. The summed E-state index contributed by atoms with van der Waals surface area (Å²) in [6, 6.07) is 3.83. The van der Waals surface area contributed by atoms with Gasteiger partial charge in [-0.25, -0.2) is 9.69 Å². The fraction of sp³-hybridized carbons (Fsp3) is 0.316. The van der Waals surface area contributed by atoms with Gasteiger partial charge >= 0.3 is 12.1 Å². The molecule has 6 nitrogen and oxygen atoms in total. The predicted molar refractivity (Wildman–Crippen MR) is 90.8 cm³/mol. The second-order valence-electron chi connectivity index (χ2n) is 6.31. The van der Waals surface area contributed by atoms with Gasteiger partial charge in [0.2, 0.25) is 11.8 Å². The number of imide groups is 1. The first-order valence-corrected chi connectivity index (χ1v) is 8.42. The van der Waals surface area contributed by atoms with Crippen LogP contribution in [0.4, 0.5) is 18.9 Å². The molecule has 0 spiro atoms. The SMILES string of the molecule is CCOC(=O)[C@@](O)(c1ccc(N2C(=O)[C@H]3C=CC=C[C@H]3C2=O)cc1)C(F)(F)F. The average molecular weight is 395 g/mol. The lowest BCUT2D eigenvalue weighted by atomic mass is 9.91. The predicted octanol–water partition coefficient (Wildman–Crippen LogP) is 2.23. The van der Waals surface area contributed by atoms with Crippen LogP contribution in [0, 0.1) is 11.8 Å². The normalized spacial score (nSPS) is 23.5. The van der Waals surface area contributed by atoms with Crippen molar-refractivity contribution in [2.75, 3.05) is 11.5 Å². The summed E-state index contributed by atoms with van der Waals surface area (Å²) in [5.41, 5.74) is -4.60. The Balaban J connectivity index is 1.96. The zero-order valence-corrected chi connectivity index (χ0v) is 14.6. The van der Waals surface area contributed by atoms with Gasteiger partial charge in [0.05, 0.1) is 24.1 Å². The average Bonchev–Trinajstić information content (AvgIpc) is 2.91. The molecule has 1 aliphatic carbocycles. The topological polar surface area (TPSA) is 83.9 Å². The van der Waals surface area contributed by atoms with Gasteiger partial charge in [0.25, 0.3) is 5.60 Å². The number of ether oxygens (including phenoxy) is 1. The zero-order chi connectivity index (χ0) is 20.7. The summed E-state index contributed by atoms with van der Waals surface area (Å²) < 4.78 is 44.6. The molecule has 1 aromatic carbocycles. The number of alkyl halides is 3. The monoisotopic (exact) mass is 395 g/mol. The van der Waals surface area contributed by atoms with Crippen molar-refractivity contribution in [2.45, 2.75) is 18.7 Å². The number of fused-ring (bicyclic) bond motifs is 1. The molecule has 3 rings (SSSR count). The van der Waals surface area contributed by atoms with Gasteiger partial charge in [0.1, 0.15) is 0 Å². The third kappa shape index (κ3) is 2.91. The van der Waals surface area contributed by atoms with Crippen LogP contribution in [0.15, 0.2) is 48.6 Å². The van der Waals surface area contributed by atoms with Gasteiger partial charge in [-0.05, 0) is 19.1 Å². The molecule has 1 heterocycles. The van der Waals surface area contributed by atoms with Crippen LogP contribution in [0.1, 0.15) is 12.5 Å². The molecule has 0 aromatic heterocycles. The summed E-state index contributed by atoms with van der Waals surface area (Å²) in [7, 11) is 0. The van der Waals surface area contributed by atoms with Gasteiger partial charge in [0.15, 0.2) is 0 Å². The van der Waals surface area contributed by atoms with Gasteiger partial charge in [-0.1, -0.05) is 36.4 Å². The maximum absolute atomic E-state index is 13.4. The number of benzene rings is 1. The van der Waals surface area contributed by atoms with E-state index in [1.807, 2.05) is 0 Å². The molecule has 0 radical (unpaired) electrons. The lowest BCUT2D eigenvalue weighted by molar-refractivity contribution is -0.267. The quantitative estimate of drug-likeness (QED) is 0.625. The van der Waals surface area contributed by atoms with Crippen molar-refractivity contribution in [2.24, 2.45) is 11.8 Å². The van der Waals surface area contributed by atoms with E-state index in [1.165, 1.54) is 6.92 Å². The van der Waals surface area contributed by atoms with Crippen molar-refractivity contribution in [1.82, 2.24) is 0 Å². The van der Waals surface area contributed by atoms with Crippen LogP contribution < -0.4 is 4.90 Å². The maximum atomic E-state index is 13.4. The first-order chi connectivity index (χ1) is 13.1. The van der Waals surface area contributed by atoms with Crippen LogP contribution in [0.3, 0.4) is 0 Å². The van der Waals surface area contributed by atoms with E-state index in [-0.39, 0.29) is 12.3 Å².